The minimum atomic E-state index is -1.21. The quantitative estimate of drug-likeness (QED) is 0.134. The van der Waals surface area contributed by atoms with E-state index in [-0.39, 0.29) is 18.2 Å². The molecule has 28 heavy (non-hydrogen) atoms. The average molecular weight is 420 g/mol. The normalized spacial score (nSPS) is 14.1. The number of carboxylic acids is 1. The van der Waals surface area contributed by atoms with Gasteiger partial charge in [-0.05, 0) is 31.7 Å². The summed E-state index contributed by atoms with van der Waals surface area (Å²) in [6, 6.07) is -2.82. The minimum Gasteiger partial charge on any atom is -0.480 e. The number of unbranched alkanes of at least 4 members (excludes halogenated alkanes) is 1. The van der Waals surface area contributed by atoms with E-state index in [1.165, 1.54) is 0 Å². The molecule has 0 aromatic heterocycles. The van der Waals surface area contributed by atoms with Gasteiger partial charge in [0.15, 0.2) is 0 Å². The molecule has 3 unspecified atom stereocenters. The molecule has 0 aromatic rings. The lowest BCUT2D eigenvalue weighted by Crippen LogP contribution is -2.54. The maximum absolute atomic E-state index is 12.3. The number of nitrogens with one attached hydrogen (secondary N) is 3. The van der Waals surface area contributed by atoms with E-state index in [0.29, 0.717) is 25.8 Å². The molecule has 11 heteroatoms. The second kappa shape index (κ2) is 14.2. The fourth-order valence-electron chi connectivity index (χ4n) is 2.34. The van der Waals surface area contributed by atoms with Gasteiger partial charge in [0.05, 0.1) is 12.6 Å². The molecule has 0 aliphatic carbocycles. The molecule has 3 amide bonds. The highest BCUT2D eigenvalue weighted by Gasteiger charge is 2.26. The Morgan fingerprint density at radius 2 is 1.68 bits per heavy atom. The first-order valence-corrected chi connectivity index (χ1v) is 9.92. The van der Waals surface area contributed by atoms with E-state index >= 15 is 0 Å². The van der Waals surface area contributed by atoms with Gasteiger partial charge in [-0.1, -0.05) is 20.3 Å². The average Bonchev–Trinajstić information content (AvgIpc) is 2.62. The van der Waals surface area contributed by atoms with Gasteiger partial charge in [-0.3, -0.25) is 14.4 Å². The summed E-state index contributed by atoms with van der Waals surface area (Å²) in [6.07, 6.45) is 2.24. The number of hydrogen-bond donors (Lipinski definition) is 7. The Hall–Kier alpha value is -1.85. The predicted octanol–water partition coefficient (Wildman–Crippen LogP) is -1.41. The molecular formula is C17H33N5O5S. The van der Waals surface area contributed by atoms with Gasteiger partial charge in [-0.2, -0.15) is 12.6 Å². The largest absolute Gasteiger partial charge is 0.480 e. The summed E-state index contributed by atoms with van der Waals surface area (Å²) in [7, 11) is 0. The van der Waals surface area contributed by atoms with E-state index < -0.39 is 41.8 Å². The molecule has 0 heterocycles. The van der Waals surface area contributed by atoms with Crippen LogP contribution < -0.4 is 27.4 Å². The van der Waals surface area contributed by atoms with E-state index in [1.807, 2.05) is 13.8 Å². The highest BCUT2D eigenvalue weighted by Crippen LogP contribution is 2.06. The van der Waals surface area contributed by atoms with E-state index in [1.54, 1.807) is 0 Å². The number of amides is 3. The number of rotatable bonds is 14. The lowest BCUT2D eigenvalue weighted by atomic mass is 10.0. The maximum Gasteiger partial charge on any atom is 0.327 e. The summed E-state index contributed by atoms with van der Waals surface area (Å²) in [5.74, 6) is -2.87. The first-order valence-electron chi connectivity index (χ1n) is 9.29. The third-order valence-corrected chi connectivity index (χ3v) is 4.25. The van der Waals surface area contributed by atoms with Crippen molar-refractivity contribution in [2.24, 2.45) is 17.4 Å². The zero-order valence-corrected chi connectivity index (χ0v) is 17.3. The zero-order valence-electron chi connectivity index (χ0n) is 16.4. The molecule has 3 atom stereocenters. The van der Waals surface area contributed by atoms with Crippen molar-refractivity contribution in [3.8, 4) is 0 Å². The number of carboxylic acid groups (broad SMARTS) is 1. The van der Waals surface area contributed by atoms with Crippen LogP contribution in [0.3, 0.4) is 0 Å². The van der Waals surface area contributed by atoms with Crippen molar-refractivity contribution in [3.05, 3.63) is 0 Å². The third-order valence-electron chi connectivity index (χ3n) is 3.89. The van der Waals surface area contributed by atoms with Gasteiger partial charge < -0.3 is 32.5 Å². The van der Waals surface area contributed by atoms with Crippen molar-refractivity contribution in [2.45, 2.75) is 57.7 Å². The van der Waals surface area contributed by atoms with Crippen molar-refractivity contribution < 1.29 is 24.3 Å². The molecule has 0 bridgehead atoms. The van der Waals surface area contributed by atoms with Gasteiger partial charge in [0.1, 0.15) is 12.1 Å². The second-order valence-corrected chi connectivity index (χ2v) is 7.31. The number of carbonyl (C=O) groups is 4. The van der Waals surface area contributed by atoms with Gasteiger partial charge in [0.25, 0.3) is 0 Å². The fraction of sp³-hybridized carbons (Fsp3) is 0.765. The number of hydrogen-bond acceptors (Lipinski definition) is 7. The molecule has 0 aliphatic rings. The van der Waals surface area contributed by atoms with Crippen molar-refractivity contribution in [3.63, 3.8) is 0 Å². The van der Waals surface area contributed by atoms with E-state index in [0.717, 1.165) is 6.42 Å². The number of carbonyl (C=O) groups excluding carboxylic acids is 3. The van der Waals surface area contributed by atoms with Gasteiger partial charge in [0, 0.05) is 5.75 Å². The molecule has 0 aromatic carbocycles. The third kappa shape index (κ3) is 11.1. The van der Waals surface area contributed by atoms with Crippen LogP contribution in [0.4, 0.5) is 0 Å². The van der Waals surface area contributed by atoms with E-state index in [2.05, 4.69) is 28.6 Å². The molecule has 0 saturated carbocycles. The van der Waals surface area contributed by atoms with E-state index in [4.69, 9.17) is 16.6 Å². The van der Waals surface area contributed by atoms with Crippen LogP contribution in [0.2, 0.25) is 0 Å². The summed E-state index contributed by atoms with van der Waals surface area (Å²) in [5, 5.41) is 16.3. The second-order valence-electron chi connectivity index (χ2n) is 6.94. The molecule has 0 aliphatic heterocycles. The van der Waals surface area contributed by atoms with Crippen molar-refractivity contribution in [2.75, 3.05) is 18.8 Å². The summed E-state index contributed by atoms with van der Waals surface area (Å²) in [6.45, 7) is 3.91. The molecule has 0 rings (SSSR count). The molecule has 0 radical (unpaired) electrons. The highest BCUT2D eigenvalue weighted by atomic mass is 32.1. The van der Waals surface area contributed by atoms with Crippen LogP contribution in [0.1, 0.15) is 39.5 Å². The highest BCUT2D eigenvalue weighted by molar-refractivity contribution is 7.80. The monoisotopic (exact) mass is 419 g/mol. The Morgan fingerprint density at radius 3 is 2.18 bits per heavy atom. The molecule has 0 spiro atoms. The first kappa shape index (κ1) is 26.1. The molecule has 162 valence electrons. The fourth-order valence-corrected chi connectivity index (χ4v) is 2.59. The van der Waals surface area contributed by atoms with Gasteiger partial charge >= 0.3 is 5.97 Å². The zero-order chi connectivity index (χ0) is 21.7. The van der Waals surface area contributed by atoms with Gasteiger partial charge in [-0.15, -0.1) is 0 Å². The topological polar surface area (TPSA) is 177 Å². The summed E-state index contributed by atoms with van der Waals surface area (Å²) < 4.78 is 0. The maximum atomic E-state index is 12.3. The smallest absolute Gasteiger partial charge is 0.327 e. The van der Waals surface area contributed by atoms with Crippen LogP contribution in [0.25, 0.3) is 0 Å². The van der Waals surface area contributed by atoms with Crippen LogP contribution in [0.15, 0.2) is 0 Å². The molecular weight excluding hydrogens is 386 g/mol. The van der Waals surface area contributed by atoms with Crippen molar-refractivity contribution >= 4 is 36.3 Å². The predicted molar refractivity (Wildman–Crippen MR) is 109 cm³/mol. The Kier molecular flexibility index (Phi) is 13.3. The number of nitrogens with two attached hydrogens (primary N) is 2. The minimum absolute atomic E-state index is 0.0703. The Labute approximate surface area is 171 Å². The molecule has 0 fully saturated rings. The van der Waals surface area contributed by atoms with Crippen LogP contribution in [0.5, 0.6) is 0 Å². The lowest BCUT2D eigenvalue weighted by molar-refractivity contribution is -0.141. The van der Waals surface area contributed by atoms with E-state index in [9.17, 15) is 19.2 Å². The standard InChI is InChI=1S/C17H33N5O5S/c1-10(2)7-12(16(25)22-13(9-28)17(26)27)21-14(23)8-20-15(24)11(19)5-3-4-6-18/h10-13,28H,3-9,18-19H2,1-2H3,(H,20,24)(H,21,23)(H,22,25)(H,26,27). The van der Waals surface area contributed by atoms with Crippen LogP contribution in [0, 0.1) is 5.92 Å². The van der Waals surface area contributed by atoms with Gasteiger partial charge in [-0.25, -0.2) is 4.79 Å². The van der Waals surface area contributed by atoms with Crippen LogP contribution in [-0.4, -0.2) is 65.8 Å². The van der Waals surface area contributed by atoms with Crippen molar-refractivity contribution in [1.82, 2.24) is 16.0 Å². The van der Waals surface area contributed by atoms with Crippen molar-refractivity contribution in [1.29, 1.82) is 0 Å². The Balaban J connectivity index is 4.66. The molecule has 10 nitrogen and oxygen atoms in total. The summed E-state index contributed by atoms with van der Waals surface area (Å²) in [4.78, 5) is 47.4. The van der Waals surface area contributed by atoms with Crippen LogP contribution in [-0.2, 0) is 19.2 Å². The number of aliphatic carboxylic acids is 1. The summed E-state index contributed by atoms with van der Waals surface area (Å²) >= 11 is 3.89. The summed E-state index contributed by atoms with van der Waals surface area (Å²) in [5.41, 5.74) is 11.1. The first-order chi connectivity index (χ1) is 13.1. The van der Waals surface area contributed by atoms with Crippen LogP contribution >= 0.6 is 12.6 Å². The molecule has 0 saturated heterocycles. The lowest BCUT2D eigenvalue weighted by Gasteiger charge is -2.22. The Bertz CT molecular complexity index is 532. The SMILES string of the molecule is CC(C)CC(NC(=O)CNC(=O)C(N)CCCCN)C(=O)NC(CS)C(=O)O. The number of thiol groups is 1. The van der Waals surface area contributed by atoms with Gasteiger partial charge in [0.2, 0.25) is 17.7 Å². The Morgan fingerprint density at radius 1 is 1.04 bits per heavy atom. The molecule has 8 N–H and O–H groups in total.